The third kappa shape index (κ3) is 3.53. The zero-order chi connectivity index (χ0) is 20.3. The first-order chi connectivity index (χ1) is 14.8. The van der Waals surface area contributed by atoms with Crippen LogP contribution in [0.15, 0.2) is 78.0 Å². The van der Waals surface area contributed by atoms with Crippen LogP contribution in [0.1, 0.15) is 16.9 Å². The van der Waals surface area contributed by atoms with Crippen molar-refractivity contribution in [1.29, 1.82) is 0 Å². The minimum Gasteiger partial charge on any atom is -0.456 e. The Morgan fingerprint density at radius 3 is 2.87 bits per heavy atom. The Morgan fingerprint density at radius 2 is 2.00 bits per heavy atom. The number of pyridine rings is 2. The number of carbonyl (C=O) groups excluding carboxylic acids is 1. The number of amides is 1. The van der Waals surface area contributed by atoms with Crippen LogP contribution in [0.4, 0.5) is 0 Å². The van der Waals surface area contributed by atoms with Crippen molar-refractivity contribution in [2.75, 3.05) is 6.54 Å². The predicted molar refractivity (Wildman–Crippen MR) is 114 cm³/mol. The Kier molecular flexibility index (Phi) is 4.69. The molecule has 5 rings (SSSR count). The maximum atomic E-state index is 12.6. The number of carbonyl (C=O) groups is 1. The van der Waals surface area contributed by atoms with Crippen molar-refractivity contribution in [3.05, 3.63) is 79.3 Å². The molecule has 0 radical (unpaired) electrons. The van der Waals surface area contributed by atoms with Gasteiger partial charge < -0.3 is 14.3 Å². The van der Waals surface area contributed by atoms with Gasteiger partial charge in [0, 0.05) is 48.6 Å². The number of furan rings is 1. The predicted octanol–water partition coefficient (Wildman–Crippen LogP) is 4.06. The molecule has 1 amide bonds. The number of fused-ring (bicyclic) bond motifs is 2. The van der Waals surface area contributed by atoms with Gasteiger partial charge in [-0.1, -0.05) is 18.2 Å². The molecule has 30 heavy (non-hydrogen) atoms. The molecule has 1 N–H and O–H groups in total. The maximum absolute atomic E-state index is 12.6. The van der Waals surface area contributed by atoms with Crippen LogP contribution < -0.4 is 5.32 Å². The lowest BCUT2D eigenvalue weighted by atomic mass is 10.1. The van der Waals surface area contributed by atoms with Gasteiger partial charge in [0.25, 0.3) is 5.91 Å². The Labute approximate surface area is 172 Å². The van der Waals surface area contributed by atoms with Crippen molar-refractivity contribution in [2.45, 2.75) is 13.0 Å². The summed E-state index contributed by atoms with van der Waals surface area (Å²) in [5.41, 5.74) is 2.62. The van der Waals surface area contributed by atoms with E-state index in [-0.39, 0.29) is 5.91 Å². The number of rotatable bonds is 6. The van der Waals surface area contributed by atoms with Crippen LogP contribution in [0.2, 0.25) is 0 Å². The van der Waals surface area contributed by atoms with Crippen LogP contribution in [0.3, 0.4) is 0 Å². The van der Waals surface area contributed by atoms with E-state index in [1.807, 2.05) is 47.2 Å². The largest absolute Gasteiger partial charge is 0.456 e. The van der Waals surface area contributed by atoms with Gasteiger partial charge in [0.1, 0.15) is 17.0 Å². The normalized spacial score (nSPS) is 11.2. The van der Waals surface area contributed by atoms with Gasteiger partial charge >= 0.3 is 0 Å². The number of nitrogens with one attached hydrogen (secondary N) is 1. The highest BCUT2D eigenvalue weighted by Crippen LogP contribution is 2.31. The Hall–Kier alpha value is -4.00. The van der Waals surface area contributed by atoms with Crippen LogP contribution in [0.25, 0.3) is 33.2 Å². The van der Waals surface area contributed by atoms with E-state index >= 15 is 0 Å². The number of para-hydroxylation sites is 1. The second kappa shape index (κ2) is 7.79. The first kappa shape index (κ1) is 18.1. The summed E-state index contributed by atoms with van der Waals surface area (Å²) in [7, 11) is 0. The third-order valence-electron chi connectivity index (χ3n) is 4.96. The van der Waals surface area contributed by atoms with E-state index in [1.54, 1.807) is 31.0 Å². The summed E-state index contributed by atoms with van der Waals surface area (Å²) in [6, 6.07) is 13.4. The van der Waals surface area contributed by atoms with Crippen LogP contribution >= 0.6 is 0 Å². The van der Waals surface area contributed by atoms with Gasteiger partial charge in [-0.15, -0.1) is 0 Å². The summed E-state index contributed by atoms with van der Waals surface area (Å²) < 4.78 is 7.97. The van der Waals surface area contributed by atoms with Crippen LogP contribution in [0.5, 0.6) is 0 Å². The van der Waals surface area contributed by atoms with Crippen molar-refractivity contribution < 1.29 is 9.21 Å². The van der Waals surface area contributed by atoms with Crippen molar-refractivity contribution >= 4 is 27.8 Å². The van der Waals surface area contributed by atoms with E-state index < -0.39 is 0 Å². The topological polar surface area (TPSA) is 85.8 Å². The smallest absolute Gasteiger partial charge is 0.269 e. The number of hydrogen-bond acceptors (Lipinski definition) is 5. The quantitative estimate of drug-likeness (QED) is 0.437. The van der Waals surface area contributed by atoms with Gasteiger partial charge in [0.05, 0.1) is 17.4 Å². The molecule has 0 aliphatic carbocycles. The number of hydrogen-bond donors (Lipinski definition) is 1. The molecule has 7 heteroatoms. The maximum Gasteiger partial charge on any atom is 0.269 e. The second-order valence-corrected chi connectivity index (χ2v) is 7.01. The summed E-state index contributed by atoms with van der Waals surface area (Å²) in [5, 5.41) is 4.79. The van der Waals surface area contributed by atoms with Gasteiger partial charge in [-0.25, -0.2) is 9.97 Å². The van der Waals surface area contributed by atoms with Crippen LogP contribution in [-0.2, 0) is 6.54 Å². The monoisotopic (exact) mass is 397 g/mol. The average Bonchev–Trinajstić information content (AvgIpc) is 3.45. The summed E-state index contributed by atoms with van der Waals surface area (Å²) in [4.78, 5) is 25.6. The first-order valence-corrected chi connectivity index (χ1v) is 9.75. The van der Waals surface area contributed by atoms with E-state index in [0.717, 1.165) is 34.9 Å². The van der Waals surface area contributed by atoms with Crippen molar-refractivity contribution in [2.24, 2.45) is 0 Å². The lowest BCUT2D eigenvalue weighted by Gasteiger charge is -2.07. The zero-order valence-corrected chi connectivity index (χ0v) is 16.2. The molecular formula is C23H19N5O2. The molecule has 0 aliphatic rings. The number of benzene rings is 1. The van der Waals surface area contributed by atoms with Gasteiger partial charge in [-0.05, 0) is 30.7 Å². The molecule has 0 aliphatic heterocycles. The molecule has 4 heterocycles. The van der Waals surface area contributed by atoms with Crippen molar-refractivity contribution in [3.8, 4) is 11.3 Å². The molecule has 0 atom stereocenters. The standard InChI is InChI=1S/C23H19N5O2/c29-23(26-8-3-10-28-11-9-24-15-28)19-7-6-17-13-25-14-18(22(17)27-19)21-12-16-4-1-2-5-20(16)30-21/h1-2,4-7,9,11-15H,3,8,10H2,(H,26,29). The summed E-state index contributed by atoms with van der Waals surface area (Å²) in [5.74, 6) is 0.481. The highest BCUT2D eigenvalue weighted by Gasteiger charge is 2.14. The van der Waals surface area contributed by atoms with E-state index in [1.165, 1.54) is 0 Å². The molecule has 0 saturated heterocycles. The molecule has 0 unspecified atom stereocenters. The molecule has 0 saturated carbocycles. The molecule has 7 nitrogen and oxygen atoms in total. The number of aromatic nitrogens is 4. The molecular weight excluding hydrogens is 378 g/mol. The van der Waals surface area contributed by atoms with Crippen molar-refractivity contribution in [3.63, 3.8) is 0 Å². The van der Waals surface area contributed by atoms with E-state index in [0.29, 0.717) is 23.5 Å². The fraction of sp³-hybridized carbons (Fsp3) is 0.130. The molecule has 5 aromatic rings. The van der Waals surface area contributed by atoms with E-state index in [2.05, 4.69) is 20.3 Å². The third-order valence-corrected chi connectivity index (χ3v) is 4.96. The Balaban J connectivity index is 1.39. The Bertz CT molecular complexity index is 1290. The molecule has 0 bridgehead atoms. The SMILES string of the molecule is O=C(NCCCn1ccnc1)c1ccc2cncc(-c3cc4ccccc4o3)c2n1. The molecule has 148 valence electrons. The van der Waals surface area contributed by atoms with Gasteiger partial charge in [-0.3, -0.25) is 9.78 Å². The van der Waals surface area contributed by atoms with Gasteiger partial charge in [-0.2, -0.15) is 0 Å². The second-order valence-electron chi connectivity index (χ2n) is 7.01. The Morgan fingerprint density at radius 1 is 1.07 bits per heavy atom. The lowest BCUT2D eigenvalue weighted by molar-refractivity contribution is 0.0948. The molecule has 0 fully saturated rings. The van der Waals surface area contributed by atoms with Crippen LogP contribution in [0, 0.1) is 0 Å². The average molecular weight is 397 g/mol. The molecule has 4 aromatic heterocycles. The fourth-order valence-corrected chi connectivity index (χ4v) is 3.44. The van der Waals surface area contributed by atoms with Gasteiger partial charge in [0.15, 0.2) is 0 Å². The highest BCUT2D eigenvalue weighted by molar-refractivity contribution is 5.98. The minimum absolute atomic E-state index is 0.199. The highest BCUT2D eigenvalue weighted by atomic mass is 16.3. The zero-order valence-electron chi connectivity index (χ0n) is 16.2. The van der Waals surface area contributed by atoms with E-state index in [9.17, 15) is 4.79 Å². The summed E-state index contributed by atoms with van der Waals surface area (Å²) in [6.07, 6.45) is 9.68. The number of nitrogens with zero attached hydrogens (tertiary/aromatic N) is 4. The summed E-state index contributed by atoms with van der Waals surface area (Å²) in [6.45, 7) is 1.36. The van der Waals surface area contributed by atoms with Gasteiger partial charge in [0.2, 0.25) is 0 Å². The number of aryl methyl sites for hydroxylation is 1. The molecule has 1 aromatic carbocycles. The number of imidazole rings is 1. The van der Waals surface area contributed by atoms with Crippen LogP contribution in [-0.4, -0.2) is 32.0 Å². The summed E-state index contributed by atoms with van der Waals surface area (Å²) >= 11 is 0. The minimum atomic E-state index is -0.199. The lowest BCUT2D eigenvalue weighted by Crippen LogP contribution is -2.26. The van der Waals surface area contributed by atoms with Crippen molar-refractivity contribution in [1.82, 2.24) is 24.8 Å². The molecule has 0 spiro atoms. The fourth-order valence-electron chi connectivity index (χ4n) is 3.44. The van der Waals surface area contributed by atoms with E-state index in [4.69, 9.17) is 4.42 Å². The first-order valence-electron chi connectivity index (χ1n) is 9.75.